The first-order chi connectivity index (χ1) is 21.8. The zero-order valence-electron chi connectivity index (χ0n) is 24.3. The van der Waals surface area contributed by atoms with Crippen LogP contribution in [0.5, 0.6) is 0 Å². The first-order valence-electron chi connectivity index (χ1n) is 14.8. The number of fused-ring (bicyclic) bond motifs is 4. The van der Waals surface area contributed by atoms with E-state index in [2.05, 4.69) is 169 Å². The van der Waals surface area contributed by atoms with Gasteiger partial charge in [0, 0.05) is 47.4 Å². The molecule has 0 amide bonds. The molecule has 0 spiro atoms. The molecule has 0 N–H and O–H groups in total. The predicted molar refractivity (Wildman–Crippen MR) is 194 cm³/mol. The number of thioether (sulfide) groups is 1. The van der Waals surface area contributed by atoms with Crippen LogP contribution < -0.4 is 4.90 Å². The molecule has 0 bridgehead atoms. The molecule has 210 valence electrons. The van der Waals surface area contributed by atoms with Gasteiger partial charge in [-0.25, -0.2) is 0 Å². The van der Waals surface area contributed by atoms with Crippen molar-refractivity contribution < 1.29 is 0 Å². The van der Waals surface area contributed by atoms with E-state index in [4.69, 9.17) is 0 Å². The largest absolute Gasteiger partial charge is 0.310 e. The Labute approximate surface area is 266 Å². The van der Waals surface area contributed by atoms with E-state index in [9.17, 15) is 0 Å². The number of thiophene rings is 1. The molecular formula is C41H29NS2. The number of rotatable bonds is 6. The molecule has 44 heavy (non-hydrogen) atoms. The van der Waals surface area contributed by atoms with Crippen LogP contribution >= 0.6 is 23.1 Å². The van der Waals surface area contributed by atoms with Crippen molar-refractivity contribution in [1.82, 2.24) is 0 Å². The predicted octanol–water partition coefficient (Wildman–Crippen LogP) is 12.7. The highest BCUT2D eigenvalue weighted by Crippen LogP contribution is 2.47. The smallest absolute Gasteiger partial charge is 0.0540 e. The first-order valence-corrected chi connectivity index (χ1v) is 16.8. The summed E-state index contributed by atoms with van der Waals surface area (Å²) in [5.74, 6) is 0. The van der Waals surface area contributed by atoms with E-state index in [0.29, 0.717) is 0 Å². The second-order valence-electron chi connectivity index (χ2n) is 10.9. The number of hydrogen-bond acceptors (Lipinski definition) is 3. The van der Waals surface area contributed by atoms with Crippen LogP contribution in [0, 0.1) is 0 Å². The molecule has 0 saturated heterocycles. The fourth-order valence-corrected chi connectivity index (χ4v) is 8.05. The maximum Gasteiger partial charge on any atom is 0.0540 e. The molecule has 7 aromatic carbocycles. The number of hydrogen-bond donors (Lipinski definition) is 0. The molecule has 0 radical (unpaired) electrons. The van der Waals surface area contributed by atoms with Crippen LogP contribution in [0.2, 0.25) is 0 Å². The van der Waals surface area contributed by atoms with E-state index in [1.165, 1.54) is 58.1 Å². The molecule has 0 aliphatic carbocycles. The highest BCUT2D eigenvalue weighted by molar-refractivity contribution is 7.98. The van der Waals surface area contributed by atoms with E-state index in [-0.39, 0.29) is 0 Å². The van der Waals surface area contributed by atoms with Crippen molar-refractivity contribution in [2.75, 3.05) is 11.2 Å². The summed E-state index contributed by atoms with van der Waals surface area (Å²) in [5.41, 5.74) is 8.29. The van der Waals surface area contributed by atoms with Crippen molar-refractivity contribution >= 4 is 71.1 Å². The Morgan fingerprint density at radius 3 is 2.05 bits per heavy atom. The molecule has 0 saturated carbocycles. The van der Waals surface area contributed by atoms with Gasteiger partial charge in [-0.15, -0.1) is 23.1 Å². The Morgan fingerprint density at radius 1 is 0.500 bits per heavy atom. The van der Waals surface area contributed by atoms with Crippen molar-refractivity contribution in [3.05, 3.63) is 158 Å². The zero-order valence-corrected chi connectivity index (χ0v) is 25.9. The van der Waals surface area contributed by atoms with Crippen LogP contribution in [-0.2, 0) is 0 Å². The molecule has 0 unspecified atom stereocenters. The van der Waals surface area contributed by atoms with Crippen molar-refractivity contribution in [1.29, 1.82) is 0 Å². The van der Waals surface area contributed by atoms with Crippen LogP contribution in [0.1, 0.15) is 0 Å². The van der Waals surface area contributed by atoms with Crippen LogP contribution in [0.15, 0.2) is 163 Å². The molecule has 0 aliphatic heterocycles. The van der Waals surface area contributed by atoms with Gasteiger partial charge in [-0.1, -0.05) is 103 Å². The van der Waals surface area contributed by atoms with Gasteiger partial charge in [0.25, 0.3) is 0 Å². The standard InChI is InChI=1S/C41H29NS2/c1-43-40-21-11-15-29-14-10-19-34(41(29)40)35-26-30(28-12-4-2-5-13-28)22-24-37(35)42(31-16-6-3-7-17-31)32-23-25-39-36(27-32)33-18-8-9-20-38(33)44-39/h2-27H,1H3. The van der Waals surface area contributed by atoms with Gasteiger partial charge in [-0.05, 0) is 82.9 Å². The SMILES string of the molecule is CSc1cccc2cccc(-c3cc(-c4ccccc4)ccc3N(c3ccccc3)c3ccc4sc5ccccc5c4c3)c12. The Kier molecular flexibility index (Phi) is 6.90. The first kappa shape index (κ1) is 26.8. The van der Waals surface area contributed by atoms with Crippen molar-refractivity contribution in [2.24, 2.45) is 0 Å². The Hall–Kier alpha value is -4.83. The number of benzene rings is 7. The third-order valence-electron chi connectivity index (χ3n) is 8.35. The molecule has 0 aliphatic rings. The number of anilines is 3. The second-order valence-corrected chi connectivity index (χ2v) is 12.8. The van der Waals surface area contributed by atoms with Gasteiger partial charge in [-0.3, -0.25) is 0 Å². The third-order valence-corrected chi connectivity index (χ3v) is 10.3. The minimum Gasteiger partial charge on any atom is -0.310 e. The molecular weight excluding hydrogens is 571 g/mol. The van der Waals surface area contributed by atoms with Gasteiger partial charge >= 0.3 is 0 Å². The Morgan fingerprint density at radius 2 is 1.23 bits per heavy atom. The fraction of sp³-hybridized carbons (Fsp3) is 0.0244. The molecule has 3 heteroatoms. The van der Waals surface area contributed by atoms with E-state index in [1.54, 1.807) is 11.8 Å². The highest BCUT2D eigenvalue weighted by Gasteiger charge is 2.21. The van der Waals surface area contributed by atoms with Crippen LogP contribution in [-0.4, -0.2) is 6.26 Å². The minimum atomic E-state index is 1.13. The normalized spacial score (nSPS) is 11.4. The third kappa shape index (κ3) is 4.66. The highest BCUT2D eigenvalue weighted by atomic mass is 32.2. The lowest BCUT2D eigenvalue weighted by molar-refractivity contribution is 1.29. The van der Waals surface area contributed by atoms with Gasteiger partial charge in [-0.2, -0.15) is 0 Å². The lowest BCUT2D eigenvalue weighted by Crippen LogP contribution is -2.11. The van der Waals surface area contributed by atoms with Crippen LogP contribution in [0.25, 0.3) is 53.2 Å². The average Bonchev–Trinajstić information content (AvgIpc) is 3.47. The molecule has 8 rings (SSSR count). The zero-order chi connectivity index (χ0) is 29.5. The van der Waals surface area contributed by atoms with Gasteiger partial charge in [0.1, 0.15) is 0 Å². The second kappa shape index (κ2) is 11.3. The quantitative estimate of drug-likeness (QED) is 0.175. The fourth-order valence-electron chi connectivity index (χ4n) is 6.32. The lowest BCUT2D eigenvalue weighted by Gasteiger charge is -2.29. The monoisotopic (exact) mass is 599 g/mol. The molecule has 1 heterocycles. The average molecular weight is 600 g/mol. The number of nitrogens with zero attached hydrogens (tertiary/aromatic N) is 1. The maximum atomic E-state index is 2.43. The molecule has 1 aromatic heterocycles. The summed E-state index contributed by atoms with van der Waals surface area (Å²) < 4.78 is 2.63. The van der Waals surface area contributed by atoms with Crippen molar-refractivity contribution in [3.8, 4) is 22.3 Å². The summed E-state index contributed by atoms with van der Waals surface area (Å²) in [6.07, 6.45) is 2.17. The summed E-state index contributed by atoms with van der Waals surface area (Å²) in [6.45, 7) is 0. The van der Waals surface area contributed by atoms with E-state index in [1.807, 2.05) is 11.3 Å². The van der Waals surface area contributed by atoms with Gasteiger partial charge in [0.2, 0.25) is 0 Å². The lowest BCUT2D eigenvalue weighted by atomic mass is 9.93. The molecule has 0 fully saturated rings. The Bertz CT molecular complexity index is 2260. The van der Waals surface area contributed by atoms with Crippen LogP contribution in [0.4, 0.5) is 17.1 Å². The van der Waals surface area contributed by atoms with E-state index >= 15 is 0 Å². The van der Waals surface area contributed by atoms with E-state index < -0.39 is 0 Å². The summed E-state index contributed by atoms with van der Waals surface area (Å²) in [6, 6.07) is 57.4. The van der Waals surface area contributed by atoms with E-state index in [0.717, 1.165) is 17.1 Å². The van der Waals surface area contributed by atoms with Gasteiger partial charge in [0.05, 0.1) is 5.69 Å². The van der Waals surface area contributed by atoms with Gasteiger partial charge < -0.3 is 4.90 Å². The van der Waals surface area contributed by atoms with Crippen LogP contribution in [0.3, 0.4) is 0 Å². The molecule has 1 nitrogen and oxygen atoms in total. The summed E-state index contributed by atoms with van der Waals surface area (Å²) >= 11 is 3.66. The minimum absolute atomic E-state index is 1.13. The maximum absolute atomic E-state index is 2.43. The molecule has 0 atom stereocenters. The summed E-state index contributed by atoms with van der Waals surface area (Å²) in [7, 11) is 0. The summed E-state index contributed by atoms with van der Waals surface area (Å²) in [4.78, 5) is 3.71. The topological polar surface area (TPSA) is 3.24 Å². The Balaban J connectivity index is 1.44. The number of para-hydroxylation sites is 1. The van der Waals surface area contributed by atoms with Crippen molar-refractivity contribution in [3.63, 3.8) is 0 Å². The molecule has 8 aromatic rings. The van der Waals surface area contributed by atoms with Gasteiger partial charge in [0.15, 0.2) is 0 Å². The van der Waals surface area contributed by atoms with Crippen molar-refractivity contribution in [2.45, 2.75) is 4.90 Å². The summed E-state index contributed by atoms with van der Waals surface area (Å²) in [5, 5.41) is 5.14.